The molecule has 0 aliphatic carbocycles. The molecule has 2 fully saturated rings. The second-order valence-electron chi connectivity index (χ2n) is 9.28. The minimum atomic E-state index is 0. The summed E-state index contributed by atoms with van der Waals surface area (Å²) in [7, 11) is 2.28. The van der Waals surface area contributed by atoms with Crippen LogP contribution in [0.15, 0.2) is 22.5 Å². The first-order valence-corrected chi connectivity index (χ1v) is 13.2. The first-order chi connectivity index (χ1) is 15.1. The summed E-state index contributed by atoms with van der Waals surface area (Å²) in [4.78, 5) is 14.1. The van der Waals surface area contributed by atoms with Crippen LogP contribution in [-0.4, -0.2) is 93.2 Å². The van der Waals surface area contributed by atoms with E-state index in [0.717, 1.165) is 32.1 Å². The molecule has 2 aliphatic rings. The van der Waals surface area contributed by atoms with Crippen LogP contribution in [0.25, 0.3) is 0 Å². The van der Waals surface area contributed by atoms with Gasteiger partial charge in [-0.05, 0) is 63.2 Å². The van der Waals surface area contributed by atoms with E-state index in [4.69, 9.17) is 4.99 Å². The number of hydrogen-bond donors (Lipinski definition) is 2. The Hall–Kier alpha value is -0.420. The number of likely N-dealkylation sites (tertiary alicyclic amines) is 1. The topological polar surface area (TPSA) is 46.1 Å². The van der Waals surface area contributed by atoms with Gasteiger partial charge in [0.2, 0.25) is 0 Å². The molecule has 0 aromatic carbocycles. The van der Waals surface area contributed by atoms with Gasteiger partial charge in [0.05, 0.1) is 0 Å². The van der Waals surface area contributed by atoms with Gasteiger partial charge in [0.15, 0.2) is 5.96 Å². The van der Waals surface area contributed by atoms with Gasteiger partial charge in [-0.2, -0.15) is 0 Å². The van der Waals surface area contributed by atoms with E-state index in [1.807, 2.05) is 11.3 Å². The van der Waals surface area contributed by atoms with Crippen LogP contribution in [0.1, 0.15) is 44.5 Å². The van der Waals surface area contributed by atoms with Crippen LogP contribution < -0.4 is 10.6 Å². The summed E-state index contributed by atoms with van der Waals surface area (Å²) in [6, 6.07) is 5.00. The zero-order valence-corrected chi connectivity index (χ0v) is 23.7. The zero-order valence-electron chi connectivity index (χ0n) is 20.6. The second kappa shape index (κ2) is 14.8. The van der Waals surface area contributed by atoms with Gasteiger partial charge in [0.1, 0.15) is 0 Å². The van der Waals surface area contributed by atoms with E-state index in [1.165, 1.54) is 57.0 Å². The SMILES string of the molecule is CCNC(=NCC(C)CN1CCN(CC)CC1)NCC1CCCN(C)C1c1cccs1.I. The van der Waals surface area contributed by atoms with Crippen LogP contribution in [0.4, 0.5) is 0 Å². The van der Waals surface area contributed by atoms with Crippen LogP contribution in [0, 0.1) is 11.8 Å². The number of nitrogens with one attached hydrogen (secondary N) is 2. The summed E-state index contributed by atoms with van der Waals surface area (Å²) >= 11 is 1.89. The van der Waals surface area contributed by atoms with Crippen LogP contribution >= 0.6 is 35.3 Å². The molecule has 0 spiro atoms. The van der Waals surface area contributed by atoms with Crippen molar-refractivity contribution in [1.29, 1.82) is 0 Å². The lowest BCUT2D eigenvalue weighted by molar-refractivity contribution is 0.124. The highest BCUT2D eigenvalue weighted by Crippen LogP contribution is 2.36. The molecule has 32 heavy (non-hydrogen) atoms. The lowest BCUT2D eigenvalue weighted by Crippen LogP contribution is -2.47. The van der Waals surface area contributed by atoms with Gasteiger partial charge < -0.3 is 20.4 Å². The smallest absolute Gasteiger partial charge is 0.191 e. The Balaban J connectivity index is 0.00000363. The fourth-order valence-corrected chi connectivity index (χ4v) is 5.97. The lowest BCUT2D eigenvalue weighted by atomic mass is 9.88. The van der Waals surface area contributed by atoms with Crippen molar-refractivity contribution < 1.29 is 0 Å². The average molecular weight is 577 g/mol. The molecule has 3 rings (SSSR count). The molecule has 2 N–H and O–H groups in total. The number of rotatable bonds is 9. The molecule has 8 heteroatoms. The minimum Gasteiger partial charge on any atom is -0.357 e. The van der Waals surface area contributed by atoms with Crippen molar-refractivity contribution >= 4 is 41.3 Å². The van der Waals surface area contributed by atoms with Gasteiger partial charge in [-0.1, -0.05) is 19.9 Å². The number of guanidine groups is 1. The number of thiophene rings is 1. The maximum atomic E-state index is 4.95. The summed E-state index contributed by atoms with van der Waals surface area (Å²) < 4.78 is 0. The number of hydrogen-bond acceptors (Lipinski definition) is 5. The van der Waals surface area contributed by atoms with Crippen molar-refractivity contribution in [2.75, 3.05) is 72.5 Å². The van der Waals surface area contributed by atoms with Crippen LogP contribution in [0.3, 0.4) is 0 Å². The third-order valence-electron chi connectivity index (χ3n) is 6.76. The molecule has 2 saturated heterocycles. The average Bonchev–Trinajstić information content (AvgIpc) is 3.30. The van der Waals surface area contributed by atoms with E-state index in [9.17, 15) is 0 Å². The number of halogens is 1. The highest BCUT2D eigenvalue weighted by atomic mass is 127. The summed E-state index contributed by atoms with van der Waals surface area (Å²) in [6.07, 6.45) is 2.56. The molecule has 0 radical (unpaired) electrons. The minimum absolute atomic E-state index is 0. The lowest BCUT2D eigenvalue weighted by Gasteiger charge is -2.39. The molecule has 0 saturated carbocycles. The van der Waals surface area contributed by atoms with Crippen molar-refractivity contribution in [3.05, 3.63) is 22.4 Å². The molecule has 3 unspecified atom stereocenters. The monoisotopic (exact) mass is 576 g/mol. The zero-order chi connectivity index (χ0) is 22.1. The molecule has 3 heterocycles. The molecule has 1 aromatic heterocycles. The molecule has 0 bridgehead atoms. The van der Waals surface area contributed by atoms with Crippen molar-refractivity contribution in [3.63, 3.8) is 0 Å². The predicted molar refractivity (Wildman–Crippen MR) is 150 cm³/mol. The maximum absolute atomic E-state index is 4.95. The Morgan fingerprint density at radius 3 is 2.56 bits per heavy atom. The van der Waals surface area contributed by atoms with Gasteiger partial charge in [-0.25, -0.2) is 0 Å². The first kappa shape index (κ1) is 27.8. The van der Waals surface area contributed by atoms with Crippen LogP contribution in [0.5, 0.6) is 0 Å². The molecule has 6 nitrogen and oxygen atoms in total. The Morgan fingerprint density at radius 2 is 1.91 bits per heavy atom. The molecule has 0 amide bonds. The van der Waals surface area contributed by atoms with E-state index < -0.39 is 0 Å². The van der Waals surface area contributed by atoms with Gasteiger partial charge in [0.25, 0.3) is 0 Å². The highest BCUT2D eigenvalue weighted by Gasteiger charge is 2.31. The Morgan fingerprint density at radius 1 is 1.16 bits per heavy atom. The number of nitrogens with zero attached hydrogens (tertiary/aromatic N) is 4. The standard InChI is InChI=1S/C24H44N6S.HI/c1-5-25-24(26-17-20(3)19-30-14-12-29(6-2)13-15-30)27-18-21-9-7-11-28(4)23(21)22-10-8-16-31-22;/h8,10,16,20-21,23H,5-7,9,11-15,17-19H2,1-4H3,(H2,25,26,27);1H. The molecular formula is C24H45IN6S. The summed E-state index contributed by atoms with van der Waals surface area (Å²) in [6.45, 7) is 17.8. The second-order valence-corrected chi connectivity index (χ2v) is 10.3. The summed E-state index contributed by atoms with van der Waals surface area (Å²) in [5.74, 6) is 2.17. The van der Waals surface area contributed by atoms with E-state index >= 15 is 0 Å². The first-order valence-electron chi connectivity index (χ1n) is 12.3. The van der Waals surface area contributed by atoms with E-state index in [2.05, 4.69) is 70.7 Å². The van der Waals surface area contributed by atoms with Gasteiger partial charge in [-0.3, -0.25) is 9.89 Å². The van der Waals surface area contributed by atoms with Gasteiger partial charge in [0, 0.05) is 63.3 Å². The summed E-state index contributed by atoms with van der Waals surface area (Å²) in [5, 5.41) is 9.34. The fraction of sp³-hybridized carbons (Fsp3) is 0.792. The van der Waals surface area contributed by atoms with Crippen molar-refractivity contribution in [2.24, 2.45) is 16.8 Å². The normalized spacial score (nSPS) is 24.7. The molecule has 2 aliphatic heterocycles. The number of piperidine rings is 1. The van der Waals surface area contributed by atoms with E-state index in [0.29, 0.717) is 17.9 Å². The molecular weight excluding hydrogens is 531 g/mol. The summed E-state index contributed by atoms with van der Waals surface area (Å²) in [5.41, 5.74) is 0. The van der Waals surface area contributed by atoms with Crippen LogP contribution in [0.2, 0.25) is 0 Å². The molecule has 1 aromatic rings. The van der Waals surface area contributed by atoms with Crippen molar-refractivity contribution in [1.82, 2.24) is 25.3 Å². The number of piperazine rings is 1. The number of aliphatic imine (C=N–C) groups is 1. The van der Waals surface area contributed by atoms with Gasteiger partial charge >= 0.3 is 0 Å². The third kappa shape index (κ3) is 8.42. The van der Waals surface area contributed by atoms with Crippen LogP contribution in [-0.2, 0) is 0 Å². The highest BCUT2D eigenvalue weighted by molar-refractivity contribution is 14.0. The van der Waals surface area contributed by atoms with Gasteiger partial charge in [-0.15, -0.1) is 35.3 Å². The van der Waals surface area contributed by atoms with Crippen molar-refractivity contribution in [2.45, 2.75) is 39.7 Å². The predicted octanol–water partition coefficient (Wildman–Crippen LogP) is 3.58. The molecule has 3 atom stereocenters. The molecule has 184 valence electrons. The maximum Gasteiger partial charge on any atom is 0.191 e. The van der Waals surface area contributed by atoms with E-state index in [-0.39, 0.29) is 24.0 Å². The Bertz CT molecular complexity index is 647. The Kier molecular flexibility index (Phi) is 12.8. The fourth-order valence-electron chi connectivity index (χ4n) is 4.99. The van der Waals surface area contributed by atoms with Crippen molar-refractivity contribution in [3.8, 4) is 0 Å². The number of likely N-dealkylation sites (N-methyl/N-ethyl adjacent to an activating group) is 1. The third-order valence-corrected chi connectivity index (χ3v) is 7.70. The quantitative estimate of drug-likeness (QED) is 0.268. The van der Waals surface area contributed by atoms with E-state index in [1.54, 1.807) is 0 Å². The largest absolute Gasteiger partial charge is 0.357 e. The Labute approximate surface area is 217 Å².